The average molecular weight is 448 g/mol. The molecule has 0 aromatic heterocycles. The molecule has 1 aliphatic rings. The number of sulfonamides is 2. The third-order valence-corrected chi connectivity index (χ3v) is 7.32. The highest BCUT2D eigenvalue weighted by molar-refractivity contribution is 7.89. The molecule has 9 nitrogen and oxygen atoms in total. The zero-order chi connectivity index (χ0) is 22.0. The van der Waals surface area contributed by atoms with Gasteiger partial charge in [-0.3, -0.25) is 0 Å². The second-order valence-electron chi connectivity index (χ2n) is 8.25. The van der Waals surface area contributed by atoms with Crippen molar-refractivity contribution < 1.29 is 26.4 Å². The molecule has 0 spiro atoms. The highest BCUT2D eigenvalue weighted by Gasteiger charge is 2.32. The van der Waals surface area contributed by atoms with E-state index in [0.717, 1.165) is 6.42 Å². The fourth-order valence-corrected chi connectivity index (χ4v) is 5.22. The highest BCUT2D eigenvalue weighted by Crippen LogP contribution is 2.25. The first kappa shape index (κ1) is 23.6. The van der Waals surface area contributed by atoms with Gasteiger partial charge in [-0.1, -0.05) is 0 Å². The molecule has 0 aliphatic carbocycles. The Kier molecular flexibility index (Phi) is 6.98. The summed E-state index contributed by atoms with van der Waals surface area (Å²) < 4.78 is 55.3. The fourth-order valence-electron chi connectivity index (χ4n) is 3.15. The molecule has 164 valence electrons. The third kappa shape index (κ3) is 6.39. The summed E-state index contributed by atoms with van der Waals surface area (Å²) in [5, 5.41) is 5.06. The van der Waals surface area contributed by atoms with Crippen LogP contribution in [0.5, 0.6) is 0 Å². The van der Waals surface area contributed by atoms with Gasteiger partial charge in [-0.25, -0.2) is 26.8 Å². The van der Waals surface area contributed by atoms with Crippen LogP contribution in [-0.2, 0) is 24.8 Å². The summed E-state index contributed by atoms with van der Waals surface area (Å²) in [5.74, 6) is -0.0280. The molecule has 1 atom stereocenters. The third-order valence-electron chi connectivity index (χ3n) is 4.51. The van der Waals surface area contributed by atoms with E-state index >= 15 is 0 Å². The summed E-state index contributed by atoms with van der Waals surface area (Å²) in [5.41, 5.74) is -0.601. The first-order valence-electron chi connectivity index (χ1n) is 9.27. The standard InChI is InChI=1S/C18H29N3O6S2/c1-18(2,3)27-17(22)20(4)12-14-6-5-11-21(13-14)29(25,26)16-9-7-15(8-10-16)28(19,23)24/h7-10,14H,5-6,11-13H2,1-4H3,(H2,19,23,24). The maximum Gasteiger partial charge on any atom is 0.410 e. The Balaban J connectivity index is 2.08. The number of hydrogen-bond donors (Lipinski definition) is 1. The van der Waals surface area contributed by atoms with E-state index in [4.69, 9.17) is 9.88 Å². The summed E-state index contributed by atoms with van der Waals surface area (Å²) in [6.45, 7) is 6.38. The van der Waals surface area contributed by atoms with Gasteiger partial charge in [-0.05, 0) is 63.8 Å². The van der Waals surface area contributed by atoms with Gasteiger partial charge in [0.15, 0.2) is 0 Å². The molecule has 1 aliphatic heterocycles. The van der Waals surface area contributed by atoms with Gasteiger partial charge >= 0.3 is 6.09 Å². The second-order valence-corrected chi connectivity index (χ2v) is 11.7. The molecule has 1 aromatic carbocycles. The Morgan fingerprint density at radius 2 is 1.72 bits per heavy atom. The summed E-state index contributed by atoms with van der Waals surface area (Å²) >= 11 is 0. The van der Waals surface area contributed by atoms with Gasteiger partial charge in [0.25, 0.3) is 0 Å². The Bertz CT molecular complexity index is 937. The number of hydrogen-bond acceptors (Lipinski definition) is 6. The monoisotopic (exact) mass is 447 g/mol. The van der Waals surface area contributed by atoms with Crippen molar-refractivity contribution in [2.75, 3.05) is 26.7 Å². The molecule has 1 amide bonds. The lowest BCUT2D eigenvalue weighted by Gasteiger charge is -2.34. The lowest BCUT2D eigenvalue weighted by atomic mass is 9.99. The molecule has 1 aromatic rings. The van der Waals surface area contributed by atoms with Crippen molar-refractivity contribution in [3.8, 4) is 0 Å². The van der Waals surface area contributed by atoms with E-state index in [9.17, 15) is 21.6 Å². The van der Waals surface area contributed by atoms with Crippen LogP contribution in [0.1, 0.15) is 33.6 Å². The fraction of sp³-hybridized carbons (Fsp3) is 0.611. The van der Waals surface area contributed by atoms with Crippen molar-refractivity contribution in [2.45, 2.75) is 49.0 Å². The number of carbonyl (C=O) groups excluding carboxylic acids is 1. The summed E-state index contributed by atoms with van der Waals surface area (Å²) in [4.78, 5) is 13.5. The molecule has 2 N–H and O–H groups in total. The predicted octanol–water partition coefficient (Wildman–Crippen LogP) is 1.60. The molecule has 1 fully saturated rings. The Labute approximate surface area is 172 Å². The highest BCUT2D eigenvalue weighted by atomic mass is 32.2. The number of nitrogens with zero attached hydrogens (tertiary/aromatic N) is 2. The normalized spacial score (nSPS) is 19.0. The number of ether oxygens (including phenoxy) is 1. The van der Waals surface area contributed by atoms with E-state index in [1.165, 1.54) is 33.5 Å². The zero-order valence-electron chi connectivity index (χ0n) is 17.2. The van der Waals surface area contributed by atoms with Crippen molar-refractivity contribution in [3.05, 3.63) is 24.3 Å². The first-order chi connectivity index (χ1) is 13.2. The van der Waals surface area contributed by atoms with Crippen LogP contribution in [0.4, 0.5) is 4.79 Å². The molecule has 2 rings (SSSR count). The lowest BCUT2D eigenvalue weighted by Crippen LogP contribution is -2.44. The minimum absolute atomic E-state index is 0.00560. The number of rotatable bonds is 5. The molecule has 1 unspecified atom stereocenters. The molecule has 11 heteroatoms. The van der Waals surface area contributed by atoms with Crippen molar-refractivity contribution in [1.82, 2.24) is 9.21 Å². The molecule has 1 saturated heterocycles. The minimum Gasteiger partial charge on any atom is -0.444 e. The number of nitrogens with two attached hydrogens (primary N) is 1. The topological polar surface area (TPSA) is 127 Å². The van der Waals surface area contributed by atoms with E-state index < -0.39 is 31.7 Å². The number of benzene rings is 1. The van der Waals surface area contributed by atoms with E-state index in [0.29, 0.717) is 19.5 Å². The van der Waals surface area contributed by atoms with Gasteiger partial charge in [0.05, 0.1) is 9.79 Å². The van der Waals surface area contributed by atoms with Gasteiger partial charge < -0.3 is 9.64 Å². The number of primary sulfonamides is 1. The number of piperidine rings is 1. The van der Waals surface area contributed by atoms with E-state index in [-0.39, 0.29) is 22.3 Å². The van der Waals surface area contributed by atoms with Crippen molar-refractivity contribution in [2.24, 2.45) is 11.1 Å². The first-order valence-corrected chi connectivity index (χ1v) is 12.3. The predicted molar refractivity (Wildman–Crippen MR) is 108 cm³/mol. The van der Waals surface area contributed by atoms with Crippen molar-refractivity contribution >= 4 is 26.1 Å². The quantitative estimate of drug-likeness (QED) is 0.730. The molecule has 0 bridgehead atoms. The van der Waals surface area contributed by atoms with Gasteiger partial charge in [-0.15, -0.1) is 0 Å². The number of carbonyl (C=O) groups is 1. The summed E-state index contributed by atoms with van der Waals surface area (Å²) in [6.07, 6.45) is 1.02. The van der Waals surface area contributed by atoms with Crippen LogP contribution in [0.25, 0.3) is 0 Å². The Hall–Kier alpha value is -1.69. The summed E-state index contributed by atoms with van der Waals surface area (Å²) in [6, 6.07) is 4.84. The van der Waals surface area contributed by atoms with Crippen LogP contribution < -0.4 is 5.14 Å². The Morgan fingerprint density at radius 3 is 2.24 bits per heavy atom. The molecular weight excluding hydrogens is 418 g/mol. The van der Waals surface area contributed by atoms with Crippen LogP contribution in [0, 0.1) is 5.92 Å². The van der Waals surface area contributed by atoms with Crippen LogP contribution >= 0.6 is 0 Å². The zero-order valence-corrected chi connectivity index (χ0v) is 18.8. The molecule has 29 heavy (non-hydrogen) atoms. The van der Waals surface area contributed by atoms with Crippen molar-refractivity contribution in [3.63, 3.8) is 0 Å². The van der Waals surface area contributed by atoms with E-state index in [1.54, 1.807) is 27.8 Å². The maximum atomic E-state index is 12.9. The maximum absolute atomic E-state index is 12.9. The minimum atomic E-state index is -3.89. The van der Waals surface area contributed by atoms with Gasteiger partial charge in [-0.2, -0.15) is 4.31 Å². The molecule has 0 radical (unpaired) electrons. The average Bonchev–Trinajstić information content (AvgIpc) is 2.60. The largest absolute Gasteiger partial charge is 0.444 e. The van der Waals surface area contributed by atoms with Crippen LogP contribution in [0.2, 0.25) is 0 Å². The SMILES string of the molecule is CN(CC1CCCN(S(=O)(=O)c2ccc(S(N)(=O)=O)cc2)C1)C(=O)OC(C)(C)C. The smallest absolute Gasteiger partial charge is 0.410 e. The van der Waals surface area contributed by atoms with E-state index in [1.807, 2.05) is 0 Å². The van der Waals surface area contributed by atoms with Gasteiger partial charge in [0.2, 0.25) is 20.0 Å². The summed E-state index contributed by atoms with van der Waals surface area (Å²) in [7, 11) is -6.04. The molecule has 1 heterocycles. The second kappa shape index (κ2) is 8.58. The van der Waals surface area contributed by atoms with Crippen LogP contribution in [0.15, 0.2) is 34.1 Å². The molecule has 0 saturated carbocycles. The van der Waals surface area contributed by atoms with Crippen molar-refractivity contribution in [1.29, 1.82) is 0 Å². The van der Waals surface area contributed by atoms with Crippen LogP contribution in [-0.4, -0.2) is 64.4 Å². The van der Waals surface area contributed by atoms with E-state index in [2.05, 4.69) is 0 Å². The lowest BCUT2D eigenvalue weighted by molar-refractivity contribution is 0.0258. The van der Waals surface area contributed by atoms with Crippen LogP contribution in [0.3, 0.4) is 0 Å². The number of amides is 1. The molecular formula is C18H29N3O6S2. The van der Waals surface area contributed by atoms with Gasteiger partial charge in [0.1, 0.15) is 5.60 Å². The van der Waals surface area contributed by atoms with Gasteiger partial charge in [0, 0.05) is 26.7 Å². The Morgan fingerprint density at radius 1 is 1.17 bits per heavy atom.